The highest BCUT2D eigenvalue weighted by molar-refractivity contribution is 5.93. The van der Waals surface area contributed by atoms with Crippen molar-refractivity contribution in [3.05, 3.63) is 24.3 Å². The van der Waals surface area contributed by atoms with Crippen LogP contribution in [-0.4, -0.2) is 29.9 Å². The monoisotopic (exact) mass is 277 g/mol. The number of rotatable bonds is 7. The molecule has 0 fully saturated rings. The number of anilines is 2. The second kappa shape index (κ2) is 7.90. The highest BCUT2D eigenvalue weighted by Gasteiger charge is 2.13. The van der Waals surface area contributed by atoms with Gasteiger partial charge in [-0.25, -0.2) is 0 Å². The molecule has 1 amide bonds. The number of carbonyl (C=O) groups is 1. The summed E-state index contributed by atoms with van der Waals surface area (Å²) in [7, 11) is 0. The summed E-state index contributed by atoms with van der Waals surface area (Å²) in [6, 6.07) is 7.78. The minimum atomic E-state index is 0.0114. The molecule has 0 aliphatic heterocycles. The average Bonchev–Trinajstić information content (AvgIpc) is 2.36. The Labute approximate surface area is 122 Å². The highest BCUT2D eigenvalue weighted by Crippen LogP contribution is 2.17. The third-order valence-corrected chi connectivity index (χ3v) is 3.19. The lowest BCUT2D eigenvalue weighted by atomic mass is 10.1. The van der Waals surface area contributed by atoms with E-state index < -0.39 is 0 Å². The molecule has 0 aliphatic rings. The van der Waals surface area contributed by atoms with E-state index in [1.165, 1.54) is 0 Å². The number of para-hydroxylation sites is 2. The van der Waals surface area contributed by atoms with E-state index in [1.807, 2.05) is 18.2 Å². The van der Waals surface area contributed by atoms with E-state index in [0.29, 0.717) is 29.8 Å². The summed E-state index contributed by atoms with van der Waals surface area (Å²) in [4.78, 5) is 14.3. The molecule has 0 atom stereocenters. The summed E-state index contributed by atoms with van der Waals surface area (Å²) in [6.45, 7) is 10.5. The van der Waals surface area contributed by atoms with E-state index in [1.54, 1.807) is 6.07 Å². The van der Waals surface area contributed by atoms with Crippen LogP contribution in [0.2, 0.25) is 0 Å². The first-order chi connectivity index (χ1) is 9.40. The van der Waals surface area contributed by atoms with Gasteiger partial charge in [0.1, 0.15) is 0 Å². The Hall–Kier alpha value is -1.55. The number of amides is 1. The molecule has 0 aromatic heterocycles. The molecule has 0 heterocycles. The minimum absolute atomic E-state index is 0.0114. The lowest BCUT2D eigenvalue weighted by molar-refractivity contribution is -0.116. The normalized spacial score (nSPS) is 11.3. The zero-order chi connectivity index (χ0) is 15.1. The summed E-state index contributed by atoms with van der Waals surface area (Å²) >= 11 is 0. The van der Waals surface area contributed by atoms with Crippen molar-refractivity contribution in [2.24, 2.45) is 5.92 Å². The van der Waals surface area contributed by atoms with E-state index >= 15 is 0 Å². The summed E-state index contributed by atoms with van der Waals surface area (Å²) in [5.74, 6) is 0.613. The van der Waals surface area contributed by atoms with Crippen molar-refractivity contribution in [1.29, 1.82) is 0 Å². The van der Waals surface area contributed by atoms with Crippen LogP contribution in [-0.2, 0) is 4.79 Å². The maximum Gasteiger partial charge on any atom is 0.225 e. The summed E-state index contributed by atoms with van der Waals surface area (Å²) in [6.07, 6.45) is 0.485. The van der Waals surface area contributed by atoms with Gasteiger partial charge in [-0.1, -0.05) is 26.0 Å². The zero-order valence-electron chi connectivity index (χ0n) is 13.0. The Morgan fingerprint density at radius 2 is 1.90 bits per heavy atom. The van der Waals surface area contributed by atoms with Gasteiger partial charge in [0.2, 0.25) is 5.91 Å². The van der Waals surface area contributed by atoms with Crippen LogP contribution in [0.3, 0.4) is 0 Å². The maximum absolute atomic E-state index is 12.0. The predicted molar refractivity (Wildman–Crippen MR) is 85.6 cm³/mol. The topological polar surface area (TPSA) is 58.4 Å². The predicted octanol–water partition coefficient (Wildman–Crippen LogP) is 2.96. The molecule has 1 aromatic rings. The molecule has 0 radical (unpaired) electrons. The van der Waals surface area contributed by atoms with Gasteiger partial charge in [-0.3, -0.25) is 4.79 Å². The number of hydrogen-bond acceptors (Lipinski definition) is 3. The second-order valence-electron chi connectivity index (χ2n) is 5.87. The van der Waals surface area contributed by atoms with Gasteiger partial charge in [-0.2, -0.15) is 0 Å². The number of nitrogens with two attached hydrogens (primary N) is 1. The summed E-state index contributed by atoms with van der Waals surface area (Å²) in [5, 5.41) is 2.87. The number of hydrogen-bond donors (Lipinski definition) is 2. The van der Waals surface area contributed by atoms with Crippen molar-refractivity contribution < 1.29 is 4.79 Å². The molecule has 1 aromatic carbocycles. The molecule has 20 heavy (non-hydrogen) atoms. The van der Waals surface area contributed by atoms with Crippen LogP contribution >= 0.6 is 0 Å². The molecule has 3 N–H and O–H groups in total. The molecule has 0 bridgehead atoms. The molecule has 0 unspecified atom stereocenters. The van der Waals surface area contributed by atoms with Gasteiger partial charge in [0.05, 0.1) is 11.4 Å². The number of nitrogens with zero attached hydrogens (tertiary/aromatic N) is 1. The summed E-state index contributed by atoms with van der Waals surface area (Å²) < 4.78 is 0. The number of carbonyl (C=O) groups excluding carboxylic acids is 1. The SMILES string of the molecule is CC(C)CN(CCC(=O)Nc1ccccc1N)C(C)C. The van der Waals surface area contributed by atoms with Crippen LogP contribution in [0.15, 0.2) is 24.3 Å². The van der Waals surface area contributed by atoms with Crippen LogP contribution in [0.25, 0.3) is 0 Å². The van der Waals surface area contributed by atoms with Crippen molar-refractivity contribution in [2.75, 3.05) is 24.1 Å². The smallest absolute Gasteiger partial charge is 0.225 e. The van der Waals surface area contributed by atoms with Crippen molar-refractivity contribution >= 4 is 17.3 Å². The first-order valence-corrected chi connectivity index (χ1v) is 7.28. The lowest BCUT2D eigenvalue weighted by Crippen LogP contribution is -2.36. The van der Waals surface area contributed by atoms with Gasteiger partial charge >= 0.3 is 0 Å². The summed E-state index contributed by atoms with van der Waals surface area (Å²) in [5.41, 5.74) is 7.11. The van der Waals surface area contributed by atoms with Crippen molar-refractivity contribution in [1.82, 2.24) is 4.90 Å². The van der Waals surface area contributed by atoms with Crippen molar-refractivity contribution in [3.8, 4) is 0 Å². The molecule has 1 rings (SSSR count). The standard InChI is InChI=1S/C16H27N3O/c1-12(2)11-19(13(3)4)10-9-16(20)18-15-8-6-5-7-14(15)17/h5-8,12-13H,9-11,17H2,1-4H3,(H,18,20). The van der Waals surface area contributed by atoms with E-state index in [0.717, 1.165) is 13.1 Å². The Morgan fingerprint density at radius 1 is 1.25 bits per heavy atom. The van der Waals surface area contributed by atoms with Gasteiger partial charge in [0, 0.05) is 25.6 Å². The number of nitrogens with one attached hydrogen (secondary N) is 1. The van der Waals surface area contributed by atoms with E-state index in [2.05, 4.69) is 37.9 Å². The fraction of sp³-hybridized carbons (Fsp3) is 0.562. The fourth-order valence-corrected chi connectivity index (χ4v) is 2.10. The molecule has 4 nitrogen and oxygen atoms in total. The quantitative estimate of drug-likeness (QED) is 0.753. The molecule has 4 heteroatoms. The molecular formula is C16H27N3O. The first kappa shape index (κ1) is 16.5. The third kappa shape index (κ3) is 5.61. The highest BCUT2D eigenvalue weighted by atomic mass is 16.1. The van der Waals surface area contributed by atoms with Gasteiger partial charge in [-0.15, -0.1) is 0 Å². The van der Waals surface area contributed by atoms with E-state index in [-0.39, 0.29) is 5.91 Å². The van der Waals surface area contributed by atoms with Gasteiger partial charge in [0.25, 0.3) is 0 Å². The van der Waals surface area contributed by atoms with Gasteiger partial charge < -0.3 is 16.0 Å². The molecule has 0 saturated heterocycles. The van der Waals surface area contributed by atoms with Gasteiger partial charge in [-0.05, 0) is 31.9 Å². The molecule has 0 saturated carbocycles. The zero-order valence-corrected chi connectivity index (χ0v) is 13.0. The second-order valence-corrected chi connectivity index (χ2v) is 5.87. The number of nitrogen functional groups attached to an aromatic ring is 1. The minimum Gasteiger partial charge on any atom is -0.397 e. The fourth-order valence-electron chi connectivity index (χ4n) is 2.10. The average molecular weight is 277 g/mol. The van der Waals surface area contributed by atoms with Crippen LogP contribution in [0, 0.1) is 5.92 Å². The van der Waals surface area contributed by atoms with Crippen molar-refractivity contribution in [2.45, 2.75) is 40.2 Å². The van der Waals surface area contributed by atoms with Crippen LogP contribution in [0.5, 0.6) is 0 Å². The Morgan fingerprint density at radius 3 is 2.45 bits per heavy atom. The van der Waals surface area contributed by atoms with Crippen molar-refractivity contribution in [3.63, 3.8) is 0 Å². The van der Waals surface area contributed by atoms with E-state index in [9.17, 15) is 4.79 Å². The Bertz CT molecular complexity index is 429. The Kier molecular flexibility index (Phi) is 6.52. The van der Waals surface area contributed by atoms with Crippen LogP contribution < -0.4 is 11.1 Å². The largest absolute Gasteiger partial charge is 0.397 e. The van der Waals surface area contributed by atoms with Gasteiger partial charge in [0.15, 0.2) is 0 Å². The lowest BCUT2D eigenvalue weighted by Gasteiger charge is -2.27. The maximum atomic E-state index is 12.0. The Balaban J connectivity index is 2.48. The van der Waals surface area contributed by atoms with Crippen LogP contribution in [0.4, 0.5) is 11.4 Å². The molecular weight excluding hydrogens is 250 g/mol. The first-order valence-electron chi connectivity index (χ1n) is 7.28. The molecule has 0 aliphatic carbocycles. The third-order valence-electron chi connectivity index (χ3n) is 3.19. The van der Waals surface area contributed by atoms with E-state index in [4.69, 9.17) is 5.73 Å². The molecule has 0 spiro atoms. The number of benzene rings is 1. The van der Waals surface area contributed by atoms with Crippen LogP contribution in [0.1, 0.15) is 34.1 Å². The molecule has 112 valence electrons.